The Morgan fingerprint density at radius 3 is 2.44 bits per heavy atom. The normalized spacial score (nSPS) is 12.8. The molecule has 0 aliphatic rings. The van der Waals surface area contributed by atoms with Crippen molar-refractivity contribution in [3.63, 3.8) is 0 Å². The van der Waals surface area contributed by atoms with Crippen molar-refractivity contribution in [3.8, 4) is 11.8 Å². The highest BCUT2D eigenvalue weighted by Crippen LogP contribution is 2.41. The largest absolute Gasteiger partial charge is 0.506 e. The number of nitrogens with two attached hydrogens (primary N) is 1. The van der Waals surface area contributed by atoms with Crippen LogP contribution in [0.1, 0.15) is 17.2 Å². The molecule has 0 spiro atoms. The van der Waals surface area contributed by atoms with Gasteiger partial charge in [0.2, 0.25) is 0 Å². The summed E-state index contributed by atoms with van der Waals surface area (Å²) in [6.45, 7) is 0. The fraction of sp³-hybridized carbons (Fsp3) is 0.222. The van der Waals surface area contributed by atoms with E-state index in [1.54, 1.807) is 0 Å². The van der Waals surface area contributed by atoms with E-state index in [4.69, 9.17) is 11.0 Å². The first-order valence-electron chi connectivity index (χ1n) is 4.42. The monoisotopic (exact) mass is 261 g/mol. The highest BCUT2D eigenvalue weighted by atomic mass is 19.4. The van der Waals surface area contributed by atoms with Crippen LogP contribution in [-0.4, -0.2) is 16.2 Å². The van der Waals surface area contributed by atoms with Crippen LogP contribution in [0, 0.1) is 21.4 Å². The zero-order valence-electron chi connectivity index (χ0n) is 8.60. The fourth-order valence-electron chi connectivity index (χ4n) is 1.32. The topological polar surface area (TPSA) is 113 Å². The summed E-state index contributed by atoms with van der Waals surface area (Å²) in [6.07, 6.45) is -4.98. The second-order valence-electron chi connectivity index (χ2n) is 3.28. The van der Waals surface area contributed by atoms with E-state index >= 15 is 0 Å². The van der Waals surface area contributed by atoms with Gasteiger partial charge in [0.15, 0.2) is 0 Å². The van der Waals surface area contributed by atoms with E-state index < -0.39 is 39.7 Å². The van der Waals surface area contributed by atoms with Gasteiger partial charge in [-0.05, 0) is 6.07 Å². The summed E-state index contributed by atoms with van der Waals surface area (Å²) in [7, 11) is 0. The molecular formula is C9H6F3N3O3. The van der Waals surface area contributed by atoms with Gasteiger partial charge in [-0.15, -0.1) is 0 Å². The molecule has 0 radical (unpaired) electrons. The van der Waals surface area contributed by atoms with Crippen LogP contribution < -0.4 is 5.73 Å². The summed E-state index contributed by atoms with van der Waals surface area (Å²) < 4.78 is 37.4. The SMILES string of the molecule is N#Cc1ccc([N+](=O)[O-])c([C@H](N)C(F)(F)F)c1O. The van der Waals surface area contributed by atoms with Crippen molar-refractivity contribution in [1.82, 2.24) is 0 Å². The number of nitriles is 1. The van der Waals surface area contributed by atoms with E-state index in [2.05, 4.69) is 0 Å². The Balaban J connectivity index is 3.57. The predicted octanol–water partition coefficient (Wildman–Crippen LogP) is 1.73. The van der Waals surface area contributed by atoms with Crippen molar-refractivity contribution >= 4 is 5.69 Å². The number of nitro groups is 1. The number of hydrogen-bond donors (Lipinski definition) is 2. The maximum atomic E-state index is 12.5. The maximum Gasteiger partial charge on any atom is 0.408 e. The molecule has 1 aromatic carbocycles. The van der Waals surface area contributed by atoms with Crippen LogP contribution in [0.4, 0.5) is 18.9 Å². The summed E-state index contributed by atoms with van der Waals surface area (Å²) in [6, 6.07) is 0.209. The summed E-state index contributed by atoms with van der Waals surface area (Å²) in [5.74, 6) is -1.13. The number of alkyl halides is 3. The fourth-order valence-corrected chi connectivity index (χ4v) is 1.32. The van der Waals surface area contributed by atoms with Gasteiger partial charge in [0.25, 0.3) is 5.69 Å². The van der Waals surface area contributed by atoms with Gasteiger partial charge < -0.3 is 10.8 Å². The van der Waals surface area contributed by atoms with E-state index in [0.29, 0.717) is 6.07 Å². The third-order valence-electron chi connectivity index (χ3n) is 2.17. The number of nitro benzene ring substituents is 1. The van der Waals surface area contributed by atoms with E-state index in [9.17, 15) is 28.4 Å². The Hall–Kier alpha value is -2.34. The molecule has 3 N–H and O–H groups in total. The van der Waals surface area contributed by atoms with Crippen LogP contribution >= 0.6 is 0 Å². The zero-order chi connectivity index (χ0) is 14.1. The zero-order valence-corrected chi connectivity index (χ0v) is 8.60. The lowest BCUT2D eigenvalue weighted by molar-refractivity contribution is -0.386. The van der Waals surface area contributed by atoms with Crippen molar-refractivity contribution in [2.75, 3.05) is 0 Å². The summed E-state index contributed by atoms with van der Waals surface area (Å²) in [5.41, 5.74) is 2.21. The van der Waals surface area contributed by atoms with Gasteiger partial charge in [-0.1, -0.05) is 0 Å². The van der Waals surface area contributed by atoms with Gasteiger partial charge in [-0.2, -0.15) is 18.4 Å². The number of rotatable bonds is 2. The molecule has 0 saturated carbocycles. The molecule has 0 aliphatic heterocycles. The minimum absolute atomic E-state index is 0.518. The highest BCUT2D eigenvalue weighted by Gasteiger charge is 2.43. The summed E-state index contributed by atoms with van der Waals surface area (Å²) in [4.78, 5) is 9.48. The summed E-state index contributed by atoms with van der Waals surface area (Å²) >= 11 is 0. The number of phenols is 1. The maximum absolute atomic E-state index is 12.5. The first kappa shape index (κ1) is 13.7. The van der Waals surface area contributed by atoms with Crippen molar-refractivity contribution < 1.29 is 23.2 Å². The number of benzene rings is 1. The molecule has 9 heteroatoms. The molecule has 1 atom stereocenters. The molecular weight excluding hydrogens is 255 g/mol. The number of phenolic OH excluding ortho intramolecular Hbond substituents is 1. The molecule has 1 rings (SSSR count). The molecule has 0 aromatic heterocycles. The lowest BCUT2D eigenvalue weighted by Gasteiger charge is -2.17. The number of nitrogens with zero attached hydrogens (tertiary/aromatic N) is 2. The van der Waals surface area contributed by atoms with Crippen molar-refractivity contribution in [1.29, 1.82) is 5.26 Å². The van der Waals surface area contributed by atoms with E-state index in [1.165, 1.54) is 6.07 Å². The average molecular weight is 261 g/mol. The van der Waals surface area contributed by atoms with E-state index in [-0.39, 0.29) is 0 Å². The molecule has 0 bridgehead atoms. The minimum Gasteiger partial charge on any atom is -0.506 e. The molecule has 6 nitrogen and oxygen atoms in total. The number of aromatic hydroxyl groups is 1. The Bertz CT molecular complexity index is 536. The third-order valence-corrected chi connectivity index (χ3v) is 2.17. The van der Waals surface area contributed by atoms with Crippen LogP contribution in [-0.2, 0) is 0 Å². The Labute approximate surface area is 98.2 Å². The van der Waals surface area contributed by atoms with Crippen molar-refractivity contribution in [2.24, 2.45) is 5.73 Å². The molecule has 0 aliphatic carbocycles. The first-order chi connectivity index (χ1) is 8.20. The van der Waals surface area contributed by atoms with Gasteiger partial charge >= 0.3 is 6.18 Å². The number of hydrogen-bond acceptors (Lipinski definition) is 5. The Morgan fingerprint density at radius 2 is 2.06 bits per heavy atom. The van der Waals surface area contributed by atoms with Crippen LogP contribution in [0.3, 0.4) is 0 Å². The van der Waals surface area contributed by atoms with E-state index in [1.807, 2.05) is 0 Å². The van der Waals surface area contributed by atoms with Crippen molar-refractivity contribution in [3.05, 3.63) is 33.4 Å². The van der Waals surface area contributed by atoms with Gasteiger partial charge in [0.05, 0.1) is 16.1 Å². The van der Waals surface area contributed by atoms with Crippen LogP contribution in [0.15, 0.2) is 12.1 Å². The predicted molar refractivity (Wildman–Crippen MR) is 52.5 cm³/mol. The van der Waals surface area contributed by atoms with E-state index in [0.717, 1.165) is 6.07 Å². The minimum atomic E-state index is -4.98. The van der Waals surface area contributed by atoms with Gasteiger partial charge in [0, 0.05) is 6.07 Å². The molecule has 96 valence electrons. The quantitative estimate of drug-likeness (QED) is 0.621. The van der Waals surface area contributed by atoms with Gasteiger partial charge in [-0.25, -0.2) is 0 Å². The summed E-state index contributed by atoms with van der Waals surface area (Å²) in [5, 5.41) is 28.6. The second-order valence-corrected chi connectivity index (χ2v) is 3.28. The first-order valence-corrected chi connectivity index (χ1v) is 4.42. The highest BCUT2D eigenvalue weighted by molar-refractivity contribution is 5.58. The average Bonchev–Trinajstić information content (AvgIpc) is 2.26. The third kappa shape index (κ3) is 2.33. The van der Waals surface area contributed by atoms with Gasteiger partial charge in [-0.3, -0.25) is 10.1 Å². The van der Waals surface area contributed by atoms with Crippen LogP contribution in [0.2, 0.25) is 0 Å². The number of halogens is 3. The second kappa shape index (κ2) is 4.50. The Kier molecular flexibility index (Phi) is 3.43. The van der Waals surface area contributed by atoms with Crippen LogP contribution in [0.5, 0.6) is 5.75 Å². The standard InChI is InChI=1S/C9H6F3N3O3/c10-9(11,12)8(14)6-5(15(17)18)2-1-4(3-13)7(6)16/h1-2,8,16H,14H2/t8-/m0/s1. The molecule has 1 aromatic rings. The molecule has 18 heavy (non-hydrogen) atoms. The van der Waals surface area contributed by atoms with Crippen LogP contribution in [0.25, 0.3) is 0 Å². The molecule has 0 heterocycles. The molecule has 0 saturated heterocycles. The lowest BCUT2D eigenvalue weighted by Crippen LogP contribution is -2.29. The molecule has 0 unspecified atom stereocenters. The van der Waals surface area contributed by atoms with Crippen molar-refractivity contribution in [2.45, 2.75) is 12.2 Å². The molecule has 0 fully saturated rings. The van der Waals surface area contributed by atoms with Gasteiger partial charge in [0.1, 0.15) is 17.9 Å². The smallest absolute Gasteiger partial charge is 0.408 e. The lowest BCUT2D eigenvalue weighted by atomic mass is 10.0. The molecule has 0 amide bonds. The Morgan fingerprint density at radius 1 is 1.50 bits per heavy atom.